The van der Waals surface area contributed by atoms with E-state index in [0.717, 1.165) is 12.8 Å². The van der Waals surface area contributed by atoms with Gasteiger partial charge in [0.1, 0.15) is 0 Å². The molecule has 0 unspecified atom stereocenters. The number of carbonyl (C=O) groups excluding carboxylic acids is 1. The number of hydrogen-bond acceptors (Lipinski definition) is 4. The van der Waals surface area contributed by atoms with Gasteiger partial charge in [0.05, 0.1) is 17.1 Å². The zero-order valence-corrected chi connectivity index (χ0v) is 13.7. The first-order valence-corrected chi connectivity index (χ1v) is 7.61. The molecule has 0 saturated heterocycles. The fraction of sp³-hybridized carbons (Fsp3) is 0.500. The summed E-state index contributed by atoms with van der Waals surface area (Å²) in [5.74, 6) is -0.312. The highest BCUT2D eigenvalue weighted by atomic mass is 79.9. The van der Waals surface area contributed by atoms with E-state index in [-0.39, 0.29) is 36.4 Å². The minimum atomic E-state index is -0.531. The van der Waals surface area contributed by atoms with Crippen LogP contribution in [0.3, 0.4) is 0 Å². The molecule has 0 fully saturated rings. The Kier molecular flexibility index (Phi) is 6.77. The first-order valence-electron chi connectivity index (χ1n) is 6.81. The van der Waals surface area contributed by atoms with Gasteiger partial charge in [-0.3, -0.25) is 14.9 Å². The number of aliphatic hydroxyl groups excluding tert-OH is 1. The van der Waals surface area contributed by atoms with Gasteiger partial charge < -0.3 is 10.0 Å². The first kappa shape index (κ1) is 17.6. The molecular formula is C14H19BrN2O4. The number of amides is 1. The molecule has 0 heterocycles. The van der Waals surface area contributed by atoms with Crippen LogP contribution < -0.4 is 0 Å². The largest absolute Gasteiger partial charge is 0.395 e. The van der Waals surface area contributed by atoms with Crippen molar-refractivity contribution in [2.24, 2.45) is 0 Å². The molecule has 21 heavy (non-hydrogen) atoms. The van der Waals surface area contributed by atoms with E-state index >= 15 is 0 Å². The van der Waals surface area contributed by atoms with E-state index in [4.69, 9.17) is 0 Å². The molecule has 0 radical (unpaired) electrons. The summed E-state index contributed by atoms with van der Waals surface area (Å²) >= 11 is 3.26. The third kappa shape index (κ3) is 4.25. The Morgan fingerprint density at radius 1 is 1.43 bits per heavy atom. The van der Waals surface area contributed by atoms with Gasteiger partial charge in [0.25, 0.3) is 11.6 Å². The predicted molar refractivity (Wildman–Crippen MR) is 83.3 cm³/mol. The number of nitro groups is 1. The summed E-state index contributed by atoms with van der Waals surface area (Å²) in [6, 6.07) is 4.10. The SMILES string of the molecule is CCC(CC)N(CCO)C(=O)c1cc([N+](=O)[O-])ccc1Br. The molecule has 1 aromatic carbocycles. The smallest absolute Gasteiger partial charge is 0.270 e. The molecule has 0 aliphatic carbocycles. The molecule has 1 amide bonds. The Morgan fingerprint density at radius 2 is 2.05 bits per heavy atom. The molecule has 0 aromatic heterocycles. The molecule has 7 heteroatoms. The van der Waals surface area contributed by atoms with Crippen LogP contribution in [-0.2, 0) is 0 Å². The third-order valence-electron chi connectivity index (χ3n) is 3.38. The predicted octanol–water partition coefficient (Wildman–Crippen LogP) is 2.98. The second kappa shape index (κ2) is 8.09. The standard InChI is InChI=1S/C14H19BrN2O4/c1-3-10(4-2)16(7-8-18)14(19)12-9-11(17(20)21)5-6-13(12)15/h5-6,9-10,18H,3-4,7-8H2,1-2H3. The van der Waals surface area contributed by atoms with Crippen LogP contribution in [0.15, 0.2) is 22.7 Å². The Hall–Kier alpha value is -1.47. The van der Waals surface area contributed by atoms with Crippen molar-refractivity contribution in [2.75, 3.05) is 13.2 Å². The fourth-order valence-electron chi connectivity index (χ4n) is 2.23. The number of rotatable bonds is 7. The van der Waals surface area contributed by atoms with Gasteiger partial charge in [0, 0.05) is 29.2 Å². The van der Waals surface area contributed by atoms with Crippen molar-refractivity contribution in [3.05, 3.63) is 38.3 Å². The molecule has 0 aliphatic heterocycles. The van der Waals surface area contributed by atoms with Crippen molar-refractivity contribution in [1.82, 2.24) is 4.90 Å². The van der Waals surface area contributed by atoms with E-state index in [0.29, 0.717) is 4.47 Å². The second-order valence-electron chi connectivity index (χ2n) is 4.61. The summed E-state index contributed by atoms with van der Waals surface area (Å²) in [4.78, 5) is 24.5. The third-order valence-corrected chi connectivity index (χ3v) is 4.07. The lowest BCUT2D eigenvalue weighted by Crippen LogP contribution is -2.41. The van der Waals surface area contributed by atoms with Gasteiger partial charge in [-0.15, -0.1) is 0 Å². The van der Waals surface area contributed by atoms with Crippen molar-refractivity contribution < 1.29 is 14.8 Å². The van der Waals surface area contributed by atoms with Gasteiger partial charge in [-0.05, 0) is 34.8 Å². The number of hydrogen-bond donors (Lipinski definition) is 1. The Bertz CT molecular complexity index is 518. The maximum atomic E-state index is 12.7. The summed E-state index contributed by atoms with van der Waals surface area (Å²) in [6.45, 7) is 4.00. The zero-order chi connectivity index (χ0) is 16.0. The highest BCUT2D eigenvalue weighted by Gasteiger charge is 2.25. The van der Waals surface area contributed by atoms with Gasteiger partial charge in [0.15, 0.2) is 0 Å². The normalized spacial score (nSPS) is 10.7. The zero-order valence-electron chi connectivity index (χ0n) is 12.1. The number of non-ortho nitro benzene ring substituents is 1. The van der Waals surface area contributed by atoms with Crippen LogP contribution in [0.2, 0.25) is 0 Å². The lowest BCUT2D eigenvalue weighted by molar-refractivity contribution is -0.384. The van der Waals surface area contributed by atoms with Gasteiger partial charge in [-0.1, -0.05) is 13.8 Å². The molecule has 6 nitrogen and oxygen atoms in total. The summed E-state index contributed by atoms with van der Waals surface area (Å²) < 4.78 is 0.506. The number of halogens is 1. The van der Waals surface area contributed by atoms with Crippen LogP contribution >= 0.6 is 15.9 Å². The van der Waals surface area contributed by atoms with Crippen LogP contribution in [0.1, 0.15) is 37.0 Å². The van der Waals surface area contributed by atoms with Crippen molar-refractivity contribution in [3.63, 3.8) is 0 Å². The molecule has 0 aliphatic rings. The van der Waals surface area contributed by atoms with Crippen molar-refractivity contribution >= 4 is 27.5 Å². The Morgan fingerprint density at radius 3 is 2.52 bits per heavy atom. The fourth-order valence-corrected chi connectivity index (χ4v) is 2.65. The van der Waals surface area contributed by atoms with E-state index in [9.17, 15) is 20.0 Å². The number of benzene rings is 1. The molecule has 0 atom stereocenters. The van der Waals surface area contributed by atoms with E-state index in [1.165, 1.54) is 18.2 Å². The van der Waals surface area contributed by atoms with Crippen LogP contribution in [0, 0.1) is 10.1 Å². The van der Waals surface area contributed by atoms with Gasteiger partial charge in [-0.2, -0.15) is 0 Å². The maximum absolute atomic E-state index is 12.7. The highest BCUT2D eigenvalue weighted by Crippen LogP contribution is 2.25. The Labute approximate surface area is 132 Å². The lowest BCUT2D eigenvalue weighted by Gasteiger charge is -2.30. The molecule has 1 N–H and O–H groups in total. The van der Waals surface area contributed by atoms with E-state index < -0.39 is 4.92 Å². The monoisotopic (exact) mass is 358 g/mol. The van der Waals surface area contributed by atoms with E-state index in [1.54, 1.807) is 4.90 Å². The summed E-state index contributed by atoms with van der Waals surface area (Å²) in [6.07, 6.45) is 1.52. The van der Waals surface area contributed by atoms with Crippen LogP contribution in [0.5, 0.6) is 0 Å². The highest BCUT2D eigenvalue weighted by molar-refractivity contribution is 9.10. The molecule has 0 spiro atoms. The molecule has 1 rings (SSSR count). The number of nitro benzene ring substituents is 1. The van der Waals surface area contributed by atoms with Crippen molar-refractivity contribution in [3.8, 4) is 0 Å². The average molecular weight is 359 g/mol. The van der Waals surface area contributed by atoms with Gasteiger partial charge in [-0.25, -0.2) is 0 Å². The molecule has 1 aromatic rings. The Balaban J connectivity index is 3.19. The second-order valence-corrected chi connectivity index (χ2v) is 5.47. The quantitative estimate of drug-likeness (QED) is 0.599. The molecule has 0 bridgehead atoms. The molecule has 0 saturated carbocycles. The minimum absolute atomic E-state index is 0.00388. The number of aliphatic hydroxyl groups is 1. The minimum Gasteiger partial charge on any atom is -0.395 e. The van der Waals surface area contributed by atoms with Crippen molar-refractivity contribution in [2.45, 2.75) is 32.7 Å². The van der Waals surface area contributed by atoms with Gasteiger partial charge >= 0.3 is 0 Å². The summed E-state index contributed by atoms with van der Waals surface area (Å²) in [5.41, 5.74) is 0.111. The number of nitrogens with zero attached hydrogens (tertiary/aromatic N) is 2. The lowest BCUT2D eigenvalue weighted by atomic mass is 10.1. The topological polar surface area (TPSA) is 83.7 Å². The first-order chi connectivity index (χ1) is 9.96. The van der Waals surface area contributed by atoms with Crippen LogP contribution in [-0.4, -0.2) is 40.0 Å². The van der Waals surface area contributed by atoms with Crippen molar-refractivity contribution in [1.29, 1.82) is 0 Å². The molecule has 116 valence electrons. The van der Waals surface area contributed by atoms with Gasteiger partial charge in [0.2, 0.25) is 0 Å². The molecular weight excluding hydrogens is 340 g/mol. The summed E-state index contributed by atoms with van der Waals surface area (Å²) in [5, 5.41) is 20.0. The summed E-state index contributed by atoms with van der Waals surface area (Å²) in [7, 11) is 0. The average Bonchev–Trinajstić information content (AvgIpc) is 2.47. The van der Waals surface area contributed by atoms with E-state index in [2.05, 4.69) is 15.9 Å². The van der Waals surface area contributed by atoms with Crippen LogP contribution in [0.4, 0.5) is 5.69 Å². The maximum Gasteiger partial charge on any atom is 0.270 e. The van der Waals surface area contributed by atoms with Crippen LogP contribution in [0.25, 0.3) is 0 Å². The number of carbonyl (C=O) groups is 1. The van der Waals surface area contributed by atoms with E-state index in [1.807, 2.05) is 13.8 Å².